The number of thiazole rings is 1. The second-order valence-corrected chi connectivity index (χ2v) is 11.0. The molecule has 204 valence electrons. The number of aromatic nitrogens is 4. The minimum atomic E-state index is 0.333. The van der Waals surface area contributed by atoms with Crippen molar-refractivity contribution in [3.8, 4) is 22.6 Å². The van der Waals surface area contributed by atoms with E-state index in [9.17, 15) is 0 Å². The first-order valence-electron chi connectivity index (χ1n) is 13.5. The molecule has 0 aliphatic carbocycles. The van der Waals surface area contributed by atoms with Gasteiger partial charge >= 0.3 is 0 Å². The van der Waals surface area contributed by atoms with Crippen LogP contribution in [-0.2, 0) is 6.42 Å². The number of pyridine rings is 1. The molecule has 0 amide bonds. The normalized spacial score (nSPS) is 14.5. The van der Waals surface area contributed by atoms with Gasteiger partial charge in [-0.1, -0.05) is 25.1 Å². The summed E-state index contributed by atoms with van der Waals surface area (Å²) in [5, 5.41) is 2.84. The van der Waals surface area contributed by atoms with E-state index in [1.165, 1.54) is 5.56 Å². The zero-order valence-electron chi connectivity index (χ0n) is 23.0. The predicted octanol–water partition coefficient (Wildman–Crippen LogP) is 4.47. The Morgan fingerprint density at radius 2 is 1.69 bits per heavy atom. The van der Waals surface area contributed by atoms with Crippen LogP contribution in [0.3, 0.4) is 0 Å². The van der Waals surface area contributed by atoms with Crippen molar-refractivity contribution < 1.29 is 0 Å². The molecule has 0 saturated carbocycles. The molecular weight excluding hydrogens is 506 g/mol. The molecule has 1 fully saturated rings. The molecule has 4 aromatic rings. The second-order valence-electron chi connectivity index (χ2n) is 10.1. The molecule has 1 saturated heterocycles. The maximum Gasteiger partial charge on any atom is 0.190 e. The van der Waals surface area contributed by atoms with E-state index >= 15 is 0 Å². The third-order valence-corrected chi connectivity index (χ3v) is 7.97. The summed E-state index contributed by atoms with van der Waals surface area (Å²) in [7, 11) is 2.19. The molecule has 0 radical (unpaired) electrons. The number of aryl methyl sites for hydroxylation is 1. The third-order valence-electron chi connectivity index (χ3n) is 7.10. The molecule has 3 aromatic heterocycles. The van der Waals surface area contributed by atoms with Crippen molar-refractivity contribution >= 4 is 33.8 Å². The quantitative estimate of drug-likeness (QED) is 0.316. The molecule has 1 aromatic carbocycles. The zero-order valence-corrected chi connectivity index (χ0v) is 23.8. The number of hydrogen-bond donors (Lipinski definition) is 2. The molecule has 4 N–H and O–H groups in total. The third kappa shape index (κ3) is 6.52. The highest BCUT2D eigenvalue weighted by Crippen LogP contribution is 2.36. The van der Waals surface area contributed by atoms with Gasteiger partial charge in [-0.05, 0) is 43.7 Å². The van der Waals surface area contributed by atoms with Crippen molar-refractivity contribution in [3.05, 3.63) is 59.2 Å². The molecule has 0 unspecified atom stereocenters. The van der Waals surface area contributed by atoms with Crippen molar-refractivity contribution in [1.29, 1.82) is 0 Å². The van der Waals surface area contributed by atoms with Gasteiger partial charge in [0.2, 0.25) is 0 Å². The van der Waals surface area contributed by atoms with Crippen LogP contribution in [0.5, 0.6) is 0 Å². The van der Waals surface area contributed by atoms with Crippen LogP contribution in [0.4, 0.5) is 22.5 Å². The zero-order chi connectivity index (χ0) is 27.4. The first-order valence-corrected chi connectivity index (χ1v) is 14.4. The van der Waals surface area contributed by atoms with E-state index in [2.05, 4.69) is 75.9 Å². The van der Waals surface area contributed by atoms with Crippen molar-refractivity contribution in [2.24, 2.45) is 0 Å². The lowest BCUT2D eigenvalue weighted by Gasteiger charge is -2.32. The van der Waals surface area contributed by atoms with Crippen molar-refractivity contribution in [2.75, 3.05) is 62.7 Å². The average Bonchev–Trinajstić information content (AvgIpc) is 3.42. The lowest BCUT2D eigenvalue weighted by molar-refractivity contribution is 0.155. The number of piperazine rings is 1. The van der Waals surface area contributed by atoms with Gasteiger partial charge in [0.25, 0.3) is 0 Å². The van der Waals surface area contributed by atoms with Crippen molar-refractivity contribution in [2.45, 2.75) is 26.7 Å². The summed E-state index contributed by atoms with van der Waals surface area (Å²) in [6, 6.07) is 12.5. The number of nitrogens with two attached hydrogens (primary N) is 2. The number of benzene rings is 1. The van der Waals surface area contributed by atoms with Gasteiger partial charge in [-0.3, -0.25) is 4.98 Å². The summed E-state index contributed by atoms with van der Waals surface area (Å²) in [5.74, 6) is 1.11. The SMILES string of the molecule is CCCN(c1nc(-c2nc(N)cc(N)n2)cs1)c1cc(-c2ccc(CCN3CCN(C)CC3)nc2)ccc1C. The van der Waals surface area contributed by atoms with Gasteiger partial charge in [0.05, 0.1) is 0 Å². The minimum absolute atomic E-state index is 0.333. The van der Waals surface area contributed by atoms with E-state index in [1.807, 2.05) is 11.6 Å². The van der Waals surface area contributed by atoms with Crippen LogP contribution in [0, 0.1) is 6.92 Å². The van der Waals surface area contributed by atoms with E-state index in [4.69, 9.17) is 21.4 Å². The molecule has 10 heteroatoms. The molecule has 1 aliphatic heterocycles. The van der Waals surface area contributed by atoms with Crippen LogP contribution in [0.15, 0.2) is 48.0 Å². The summed E-state index contributed by atoms with van der Waals surface area (Å²) < 4.78 is 0. The molecule has 9 nitrogen and oxygen atoms in total. The monoisotopic (exact) mass is 543 g/mol. The standard InChI is InChI=1S/C29H37N9S/c1-4-10-38(29-33-24(19-39-29)28-34-26(30)17-27(31)35-28)25-16-21(6-5-20(25)2)22-7-8-23(32-18-22)9-11-37-14-12-36(3)13-15-37/h5-8,16-19H,4,9-15H2,1-3H3,(H4,30,31,34,35). The highest BCUT2D eigenvalue weighted by Gasteiger charge is 2.18. The molecule has 4 heterocycles. The van der Waals surface area contributed by atoms with Gasteiger partial charge in [-0.25, -0.2) is 15.0 Å². The largest absolute Gasteiger partial charge is 0.384 e. The Hall–Kier alpha value is -3.60. The topological polar surface area (TPSA) is 113 Å². The van der Waals surface area contributed by atoms with Crippen molar-refractivity contribution in [1.82, 2.24) is 29.7 Å². The molecule has 39 heavy (non-hydrogen) atoms. The van der Waals surface area contributed by atoms with Crippen LogP contribution in [0.1, 0.15) is 24.6 Å². The summed E-state index contributed by atoms with van der Waals surface area (Å²) in [5.41, 5.74) is 18.1. The van der Waals surface area contributed by atoms with Crippen LogP contribution in [0.25, 0.3) is 22.6 Å². The van der Waals surface area contributed by atoms with E-state index in [0.29, 0.717) is 23.2 Å². The Kier molecular flexibility index (Phi) is 8.35. The Balaban J connectivity index is 1.35. The summed E-state index contributed by atoms with van der Waals surface area (Å²) in [6.45, 7) is 10.8. The second kappa shape index (κ2) is 12.1. The number of likely N-dealkylation sites (N-methyl/N-ethyl adjacent to an activating group) is 1. The van der Waals surface area contributed by atoms with Gasteiger partial charge in [-0.2, -0.15) is 0 Å². The van der Waals surface area contributed by atoms with Gasteiger partial charge in [-0.15, -0.1) is 11.3 Å². The number of hydrogen-bond acceptors (Lipinski definition) is 10. The highest BCUT2D eigenvalue weighted by molar-refractivity contribution is 7.14. The minimum Gasteiger partial charge on any atom is -0.384 e. The van der Waals surface area contributed by atoms with Crippen LogP contribution >= 0.6 is 11.3 Å². The smallest absolute Gasteiger partial charge is 0.190 e. The van der Waals surface area contributed by atoms with Crippen LogP contribution in [-0.4, -0.2) is 76.1 Å². The first-order chi connectivity index (χ1) is 18.9. The van der Waals surface area contributed by atoms with Gasteiger partial charge < -0.3 is 26.2 Å². The number of rotatable bonds is 9. The first kappa shape index (κ1) is 27.0. The molecular formula is C29H37N9S. The fraction of sp³-hybridized carbons (Fsp3) is 0.379. The summed E-state index contributed by atoms with van der Waals surface area (Å²) in [6.07, 6.45) is 3.95. The molecule has 1 aliphatic rings. The molecule has 0 bridgehead atoms. The average molecular weight is 544 g/mol. The van der Waals surface area contributed by atoms with Crippen molar-refractivity contribution in [3.63, 3.8) is 0 Å². The van der Waals surface area contributed by atoms with E-state index < -0.39 is 0 Å². The number of nitrogen functional groups attached to an aromatic ring is 2. The lowest BCUT2D eigenvalue weighted by atomic mass is 10.0. The lowest BCUT2D eigenvalue weighted by Crippen LogP contribution is -2.45. The maximum absolute atomic E-state index is 5.88. The summed E-state index contributed by atoms with van der Waals surface area (Å²) in [4.78, 5) is 25.5. The van der Waals surface area contributed by atoms with Gasteiger partial charge in [0.15, 0.2) is 11.0 Å². The molecule has 5 rings (SSSR count). The molecule has 0 spiro atoms. The van der Waals surface area contributed by atoms with Crippen LogP contribution < -0.4 is 16.4 Å². The number of nitrogens with zero attached hydrogens (tertiary/aromatic N) is 7. The Bertz CT molecular complexity index is 1370. The van der Waals surface area contributed by atoms with Gasteiger partial charge in [0.1, 0.15) is 17.3 Å². The Labute approximate surface area is 234 Å². The predicted molar refractivity (Wildman–Crippen MR) is 161 cm³/mol. The summed E-state index contributed by atoms with van der Waals surface area (Å²) >= 11 is 1.56. The van der Waals surface area contributed by atoms with Gasteiger partial charge in [0, 0.05) is 80.3 Å². The fourth-order valence-electron chi connectivity index (χ4n) is 4.80. The fourth-order valence-corrected chi connectivity index (χ4v) is 5.64. The Morgan fingerprint density at radius 1 is 0.949 bits per heavy atom. The van der Waals surface area contributed by atoms with Crippen LogP contribution in [0.2, 0.25) is 0 Å². The number of anilines is 4. The Morgan fingerprint density at radius 3 is 2.38 bits per heavy atom. The van der Waals surface area contributed by atoms with E-state index in [1.54, 1.807) is 17.4 Å². The van der Waals surface area contributed by atoms with E-state index in [0.717, 1.165) is 79.7 Å². The maximum atomic E-state index is 5.88. The van der Waals surface area contributed by atoms with E-state index in [-0.39, 0.29) is 0 Å². The molecule has 0 atom stereocenters. The highest BCUT2D eigenvalue weighted by atomic mass is 32.1.